The van der Waals surface area contributed by atoms with Gasteiger partial charge in [0.2, 0.25) is 0 Å². The summed E-state index contributed by atoms with van der Waals surface area (Å²) in [6.07, 6.45) is 4.19. The first-order valence-electron chi connectivity index (χ1n) is 11.9. The number of aromatic nitrogens is 5. The Morgan fingerprint density at radius 3 is 2.62 bits per heavy atom. The lowest BCUT2D eigenvalue weighted by atomic mass is 10.3. The molecule has 0 radical (unpaired) electrons. The number of carbonyl (C=O) groups is 1. The van der Waals surface area contributed by atoms with E-state index in [9.17, 15) is 4.79 Å². The maximum absolute atomic E-state index is 13.3. The van der Waals surface area contributed by atoms with Crippen LogP contribution in [0.2, 0.25) is 0 Å². The molecule has 0 aliphatic carbocycles. The standard InChI is InChI=1S/C25H27N7O2S3/c1-17-15-35-24(27-17)29-23(33)22-20(9-10-21(28-22)37-25-30-26-16-31(25)2)36-19-7-5-18(6-8-19)34-14-13-32-11-3-4-12-32/h5-10,15-16H,3-4,11-14H2,1-2H3,(H,27,29,33). The Morgan fingerprint density at radius 2 is 1.92 bits per heavy atom. The van der Waals surface area contributed by atoms with Gasteiger partial charge in [0.1, 0.15) is 29.4 Å². The van der Waals surface area contributed by atoms with Crippen LogP contribution in [0.5, 0.6) is 5.75 Å². The van der Waals surface area contributed by atoms with Gasteiger partial charge in [-0.3, -0.25) is 15.0 Å². The smallest absolute Gasteiger partial charge is 0.277 e. The van der Waals surface area contributed by atoms with Crippen LogP contribution in [0.1, 0.15) is 29.0 Å². The summed E-state index contributed by atoms with van der Waals surface area (Å²) in [4.78, 5) is 26.5. The van der Waals surface area contributed by atoms with E-state index < -0.39 is 0 Å². The molecule has 1 aromatic carbocycles. The van der Waals surface area contributed by atoms with Gasteiger partial charge in [0, 0.05) is 28.8 Å². The first-order chi connectivity index (χ1) is 18.0. The third kappa shape index (κ3) is 6.89. The van der Waals surface area contributed by atoms with Crippen molar-refractivity contribution in [2.75, 3.05) is 31.6 Å². The molecular weight excluding hydrogens is 527 g/mol. The van der Waals surface area contributed by atoms with Crippen molar-refractivity contribution >= 4 is 45.9 Å². The lowest BCUT2D eigenvalue weighted by Crippen LogP contribution is -2.25. The molecule has 0 unspecified atom stereocenters. The van der Waals surface area contributed by atoms with Gasteiger partial charge < -0.3 is 9.30 Å². The first kappa shape index (κ1) is 25.7. The summed E-state index contributed by atoms with van der Waals surface area (Å²) in [5, 5.41) is 14.7. The second-order valence-electron chi connectivity index (χ2n) is 8.54. The van der Waals surface area contributed by atoms with E-state index in [4.69, 9.17) is 4.74 Å². The fourth-order valence-electron chi connectivity index (χ4n) is 3.79. The largest absolute Gasteiger partial charge is 0.492 e. The van der Waals surface area contributed by atoms with E-state index in [0.717, 1.165) is 27.8 Å². The van der Waals surface area contributed by atoms with Crippen molar-refractivity contribution in [2.24, 2.45) is 7.05 Å². The van der Waals surface area contributed by atoms with Crippen LogP contribution in [0, 0.1) is 6.92 Å². The third-order valence-corrected chi connectivity index (χ3v) is 8.60. The highest BCUT2D eigenvalue weighted by Gasteiger charge is 2.18. The van der Waals surface area contributed by atoms with Crippen molar-refractivity contribution in [3.05, 3.63) is 59.5 Å². The molecule has 9 nitrogen and oxygen atoms in total. The zero-order valence-electron chi connectivity index (χ0n) is 20.6. The van der Waals surface area contributed by atoms with Crippen LogP contribution < -0.4 is 10.1 Å². The third-order valence-electron chi connectivity index (χ3n) is 5.68. The molecule has 5 rings (SSSR count). The van der Waals surface area contributed by atoms with Crippen molar-refractivity contribution in [2.45, 2.75) is 39.7 Å². The van der Waals surface area contributed by atoms with Gasteiger partial charge in [-0.15, -0.1) is 21.5 Å². The number of nitrogens with one attached hydrogen (secondary N) is 1. The number of rotatable bonds is 10. The van der Waals surface area contributed by atoms with E-state index in [1.165, 1.54) is 60.8 Å². The zero-order valence-corrected chi connectivity index (χ0v) is 23.0. The van der Waals surface area contributed by atoms with E-state index in [1.807, 2.05) is 60.3 Å². The van der Waals surface area contributed by atoms with Crippen LogP contribution >= 0.6 is 34.9 Å². The number of nitrogens with zero attached hydrogens (tertiary/aromatic N) is 6. The number of hydrogen-bond donors (Lipinski definition) is 1. The van der Waals surface area contributed by atoms with Gasteiger partial charge in [-0.1, -0.05) is 11.8 Å². The van der Waals surface area contributed by atoms with Gasteiger partial charge >= 0.3 is 0 Å². The normalized spacial score (nSPS) is 13.7. The van der Waals surface area contributed by atoms with E-state index >= 15 is 0 Å². The highest BCUT2D eigenvalue weighted by Crippen LogP contribution is 2.34. The minimum Gasteiger partial charge on any atom is -0.492 e. The lowest BCUT2D eigenvalue weighted by molar-refractivity contribution is 0.101. The molecular formula is C25H27N7O2S3. The Balaban J connectivity index is 1.30. The summed E-state index contributed by atoms with van der Waals surface area (Å²) < 4.78 is 7.74. The molecule has 1 saturated heterocycles. The number of amides is 1. The number of aryl methyl sites for hydroxylation is 2. The summed E-state index contributed by atoms with van der Waals surface area (Å²) in [5.74, 6) is 0.535. The molecule has 0 atom stereocenters. The number of ether oxygens (including phenoxy) is 1. The predicted molar refractivity (Wildman–Crippen MR) is 146 cm³/mol. The average Bonchev–Trinajstić information content (AvgIpc) is 3.65. The molecule has 12 heteroatoms. The summed E-state index contributed by atoms with van der Waals surface area (Å²) in [6, 6.07) is 11.8. The maximum atomic E-state index is 13.3. The van der Waals surface area contributed by atoms with Gasteiger partial charge in [0.15, 0.2) is 10.3 Å². The molecule has 1 aliphatic heterocycles. The quantitative estimate of drug-likeness (QED) is 0.291. The molecule has 4 heterocycles. The fraction of sp³-hybridized carbons (Fsp3) is 0.320. The molecule has 3 aromatic heterocycles. The highest BCUT2D eigenvalue weighted by molar-refractivity contribution is 7.99. The molecule has 1 fully saturated rings. The van der Waals surface area contributed by atoms with Gasteiger partial charge in [-0.2, -0.15) is 0 Å². The second-order valence-corrected chi connectivity index (χ2v) is 11.5. The van der Waals surface area contributed by atoms with E-state index in [2.05, 4.69) is 30.4 Å². The SMILES string of the molecule is Cc1csc(NC(=O)c2nc(Sc3nncn3C)ccc2Sc2ccc(OCCN3CCCC3)cc2)n1. The number of pyridine rings is 1. The summed E-state index contributed by atoms with van der Waals surface area (Å²) in [5.41, 5.74) is 1.19. The van der Waals surface area contributed by atoms with Gasteiger partial charge in [0.05, 0.1) is 5.69 Å². The molecule has 0 saturated carbocycles. The van der Waals surface area contributed by atoms with Gasteiger partial charge in [-0.25, -0.2) is 9.97 Å². The Bertz CT molecular complexity index is 1350. The van der Waals surface area contributed by atoms with Gasteiger partial charge in [-0.05, 0) is 81.0 Å². The minimum atomic E-state index is -0.306. The lowest BCUT2D eigenvalue weighted by Gasteiger charge is -2.15. The predicted octanol–water partition coefficient (Wildman–Crippen LogP) is 5.00. The fourth-order valence-corrected chi connectivity index (χ4v) is 6.11. The van der Waals surface area contributed by atoms with Gasteiger partial charge in [0.25, 0.3) is 5.91 Å². The Morgan fingerprint density at radius 1 is 1.11 bits per heavy atom. The van der Waals surface area contributed by atoms with Crippen LogP contribution in [0.25, 0.3) is 0 Å². The minimum absolute atomic E-state index is 0.306. The summed E-state index contributed by atoms with van der Waals surface area (Å²) in [6.45, 7) is 5.87. The number of thiazole rings is 1. The van der Waals surface area contributed by atoms with Crippen molar-refractivity contribution < 1.29 is 9.53 Å². The molecule has 0 spiro atoms. The molecule has 4 aromatic rings. The zero-order chi connectivity index (χ0) is 25.6. The van der Waals surface area contributed by atoms with Crippen molar-refractivity contribution in [3.63, 3.8) is 0 Å². The Kier molecular flexibility index (Phi) is 8.39. The van der Waals surface area contributed by atoms with E-state index in [-0.39, 0.29) is 5.91 Å². The molecule has 0 bridgehead atoms. The van der Waals surface area contributed by atoms with Crippen molar-refractivity contribution in [3.8, 4) is 5.75 Å². The Hall–Kier alpha value is -2.93. The van der Waals surface area contributed by atoms with E-state index in [0.29, 0.717) is 27.6 Å². The first-order valence-corrected chi connectivity index (χ1v) is 14.4. The summed E-state index contributed by atoms with van der Waals surface area (Å²) in [7, 11) is 1.87. The topological polar surface area (TPSA) is 98.1 Å². The molecule has 1 aliphatic rings. The highest BCUT2D eigenvalue weighted by atomic mass is 32.2. The Labute approximate surface area is 228 Å². The number of carbonyl (C=O) groups excluding carboxylic acids is 1. The number of likely N-dealkylation sites (tertiary alicyclic amines) is 1. The maximum Gasteiger partial charge on any atom is 0.277 e. The van der Waals surface area contributed by atoms with Crippen molar-refractivity contribution in [1.82, 2.24) is 29.6 Å². The van der Waals surface area contributed by atoms with Crippen LogP contribution in [0.4, 0.5) is 5.13 Å². The monoisotopic (exact) mass is 553 g/mol. The molecule has 37 heavy (non-hydrogen) atoms. The van der Waals surface area contributed by atoms with Crippen molar-refractivity contribution in [1.29, 1.82) is 0 Å². The van der Waals surface area contributed by atoms with Crippen LogP contribution in [-0.4, -0.2) is 61.8 Å². The number of anilines is 1. The number of benzene rings is 1. The second kappa shape index (κ2) is 12.1. The average molecular weight is 554 g/mol. The molecule has 192 valence electrons. The number of hydrogen-bond acceptors (Lipinski definition) is 10. The molecule has 1 amide bonds. The van der Waals surface area contributed by atoms with E-state index in [1.54, 1.807) is 6.33 Å². The summed E-state index contributed by atoms with van der Waals surface area (Å²) >= 11 is 4.22. The molecule has 1 N–H and O–H groups in total. The van der Waals surface area contributed by atoms with Crippen LogP contribution in [0.15, 0.2) is 68.1 Å². The van der Waals surface area contributed by atoms with Crippen LogP contribution in [-0.2, 0) is 7.05 Å². The van der Waals surface area contributed by atoms with Crippen LogP contribution in [0.3, 0.4) is 0 Å².